The average Bonchev–Trinajstić information content (AvgIpc) is 2.65. The standard InChI is InChI=1S/C20H24ClFN2O4S/c1-14(20(25)23-12-4-5-15-6-9-17(22)10-7-15)24(29(3,26)27)18-13-16(21)8-11-19(18)28-2/h6-11,13-14H,4-5,12H2,1-3H3,(H,23,25). The quantitative estimate of drug-likeness (QED) is 0.604. The minimum Gasteiger partial charge on any atom is -0.495 e. The van der Waals surface area contributed by atoms with Crippen molar-refractivity contribution >= 4 is 33.2 Å². The van der Waals surface area contributed by atoms with Gasteiger partial charge < -0.3 is 10.1 Å². The summed E-state index contributed by atoms with van der Waals surface area (Å²) in [5, 5.41) is 3.07. The van der Waals surface area contributed by atoms with Gasteiger partial charge in [0.25, 0.3) is 0 Å². The lowest BCUT2D eigenvalue weighted by molar-refractivity contribution is -0.121. The van der Waals surface area contributed by atoms with Gasteiger partial charge in [0.05, 0.1) is 19.1 Å². The SMILES string of the molecule is COc1ccc(Cl)cc1N(C(C)C(=O)NCCCc1ccc(F)cc1)S(C)(=O)=O. The first kappa shape index (κ1) is 23.0. The van der Waals surface area contributed by atoms with Crippen LogP contribution in [0, 0.1) is 5.82 Å². The molecule has 6 nitrogen and oxygen atoms in total. The molecule has 0 aliphatic rings. The number of nitrogens with one attached hydrogen (secondary N) is 1. The normalized spacial score (nSPS) is 12.3. The Morgan fingerprint density at radius 3 is 2.48 bits per heavy atom. The first-order valence-corrected chi connectivity index (χ1v) is 11.2. The molecule has 158 valence electrons. The Morgan fingerprint density at radius 2 is 1.90 bits per heavy atom. The Labute approximate surface area is 175 Å². The average molecular weight is 443 g/mol. The van der Waals surface area contributed by atoms with Gasteiger partial charge in [-0.1, -0.05) is 23.7 Å². The molecule has 2 rings (SSSR count). The number of rotatable bonds is 9. The van der Waals surface area contributed by atoms with Gasteiger partial charge in [-0.05, 0) is 55.7 Å². The molecule has 1 amide bonds. The second-order valence-corrected chi connectivity index (χ2v) is 8.87. The molecule has 0 aromatic heterocycles. The number of halogens is 2. The van der Waals surface area contributed by atoms with E-state index in [1.54, 1.807) is 24.3 Å². The van der Waals surface area contributed by atoms with Gasteiger partial charge in [-0.2, -0.15) is 0 Å². The maximum Gasteiger partial charge on any atom is 0.243 e. The molecule has 0 saturated carbocycles. The fourth-order valence-electron chi connectivity index (χ4n) is 2.92. The van der Waals surface area contributed by atoms with Crippen LogP contribution in [0.2, 0.25) is 5.02 Å². The Balaban J connectivity index is 2.07. The fourth-order valence-corrected chi connectivity index (χ4v) is 4.26. The first-order valence-electron chi connectivity index (χ1n) is 8.98. The van der Waals surface area contributed by atoms with Gasteiger partial charge in [0.15, 0.2) is 0 Å². The summed E-state index contributed by atoms with van der Waals surface area (Å²) < 4.78 is 44.0. The molecule has 29 heavy (non-hydrogen) atoms. The van der Waals surface area contributed by atoms with Crippen molar-refractivity contribution in [3.63, 3.8) is 0 Å². The number of methoxy groups -OCH3 is 1. The highest BCUT2D eigenvalue weighted by atomic mass is 35.5. The van der Waals surface area contributed by atoms with Gasteiger partial charge in [-0.15, -0.1) is 0 Å². The number of benzene rings is 2. The van der Waals surface area contributed by atoms with Crippen molar-refractivity contribution in [3.8, 4) is 5.75 Å². The molecule has 2 aromatic carbocycles. The van der Waals surface area contributed by atoms with Gasteiger partial charge >= 0.3 is 0 Å². The van der Waals surface area contributed by atoms with Gasteiger partial charge in [0, 0.05) is 11.6 Å². The summed E-state index contributed by atoms with van der Waals surface area (Å²) >= 11 is 6.02. The van der Waals surface area contributed by atoms with Crippen LogP contribution >= 0.6 is 11.6 Å². The molecule has 1 N–H and O–H groups in total. The molecule has 2 aromatic rings. The number of aryl methyl sites for hydroxylation is 1. The van der Waals surface area contributed by atoms with Crippen LogP contribution in [-0.2, 0) is 21.2 Å². The lowest BCUT2D eigenvalue weighted by atomic mass is 10.1. The van der Waals surface area contributed by atoms with Gasteiger partial charge in [-0.25, -0.2) is 12.8 Å². The summed E-state index contributed by atoms with van der Waals surface area (Å²) in [6.07, 6.45) is 2.31. The summed E-state index contributed by atoms with van der Waals surface area (Å²) in [5.74, 6) is -0.458. The number of sulfonamides is 1. The van der Waals surface area contributed by atoms with Crippen LogP contribution in [0.3, 0.4) is 0 Å². The van der Waals surface area contributed by atoms with Crippen molar-refractivity contribution in [2.45, 2.75) is 25.8 Å². The van der Waals surface area contributed by atoms with Crippen LogP contribution in [-0.4, -0.2) is 40.3 Å². The van der Waals surface area contributed by atoms with E-state index in [1.165, 1.54) is 32.2 Å². The van der Waals surface area contributed by atoms with E-state index in [-0.39, 0.29) is 17.3 Å². The summed E-state index contributed by atoms with van der Waals surface area (Å²) in [5.41, 5.74) is 1.14. The molecule has 0 aliphatic heterocycles. The molecule has 0 bridgehead atoms. The van der Waals surface area contributed by atoms with Crippen molar-refractivity contribution in [2.24, 2.45) is 0 Å². The molecule has 0 radical (unpaired) electrons. The topological polar surface area (TPSA) is 75.7 Å². The van der Waals surface area contributed by atoms with Crippen molar-refractivity contribution in [3.05, 3.63) is 58.9 Å². The lowest BCUT2D eigenvalue weighted by Gasteiger charge is -2.29. The van der Waals surface area contributed by atoms with Crippen LogP contribution < -0.4 is 14.4 Å². The van der Waals surface area contributed by atoms with Crippen molar-refractivity contribution in [1.82, 2.24) is 5.32 Å². The van der Waals surface area contributed by atoms with E-state index in [2.05, 4.69) is 5.32 Å². The van der Waals surface area contributed by atoms with Crippen molar-refractivity contribution in [1.29, 1.82) is 0 Å². The smallest absolute Gasteiger partial charge is 0.243 e. The maximum atomic E-state index is 12.9. The molecule has 0 fully saturated rings. The number of carbonyl (C=O) groups excluding carboxylic acids is 1. The second-order valence-electron chi connectivity index (χ2n) is 6.57. The Morgan fingerprint density at radius 1 is 1.24 bits per heavy atom. The predicted molar refractivity (Wildman–Crippen MR) is 113 cm³/mol. The minimum atomic E-state index is -3.79. The highest BCUT2D eigenvalue weighted by molar-refractivity contribution is 7.92. The maximum absolute atomic E-state index is 12.9. The van der Waals surface area contributed by atoms with Crippen LogP contribution in [0.25, 0.3) is 0 Å². The first-order chi connectivity index (χ1) is 13.6. The summed E-state index contributed by atoms with van der Waals surface area (Å²) in [6, 6.07) is 9.71. The summed E-state index contributed by atoms with van der Waals surface area (Å²) in [4.78, 5) is 12.6. The molecule has 0 spiro atoms. The van der Waals surface area contributed by atoms with E-state index in [1.807, 2.05) is 0 Å². The third-order valence-corrected chi connectivity index (χ3v) is 5.78. The largest absolute Gasteiger partial charge is 0.495 e. The van der Waals surface area contributed by atoms with Crippen molar-refractivity contribution in [2.75, 3.05) is 24.2 Å². The number of anilines is 1. The molecule has 0 saturated heterocycles. The fraction of sp³-hybridized carbons (Fsp3) is 0.350. The van der Waals surface area contributed by atoms with Crippen LogP contribution in [0.15, 0.2) is 42.5 Å². The monoisotopic (exact) mass is 442 g/mol. The highest BCUT2D eigenvalue weighted by Crippen LogP contribution is 2.34. The third kappa shape index (κ3) is 6.33. The van der Waals surface area contributed by atoms with Crippen LogP contribution in [0.5, 0.6) is 5.75 Å². The zero-order valence-electron chi connectivity index (χ0n) is 16.5. The van der Waals surface area contributed by atoms with E-state index in [0.29, 0.717) is 24.4 Å². The molecule has 1 atom stereocenters. The van der Waals surface area contributed by atoms with E-state index < -0.39 is 22.0 Å². The van der Waals surface area contributed by atoms with Gasteiger partial charge in [0.1, 0.15) is 17.6 Å². The number of nitrogens with zero attached hydrogens (tertiary/aromatic N) is 1. The predicted octanol–water partition coefficient (Wildman–Crippen LogP) is 3.39. The molecule has 1 unspecified atom stereocenters. The number of hydrogen-bond acceptors (Lipinski definition) is 4. The zero-order chi connectivity index (χ0) is 21.6. The molecule has 9 heteroatoms. The minimum absolute atomic E-state index is 0.191. The molecule has 0 heterocycles. The summed E-state index contributed by atoms with van der Waals surface area (Å²) in [6.45, 7) is 1.85. The van der Waals surface area contributed by atoms with Gasteiger partial charge in [0.2, 0.25) is 15.9 Å². The zero-order valence-corrected chi connectivity index (χ0v) is 18.1. The van der Waals surface area contributed by atoms with E-state index in [4.69, 9.17) is 16.3 Å². The Hall–Kier alpha value is -2.32. The van der Waals surface area contributed by atoms with E-state index in [9.17, 15) is 17.6 Å². The number of ether oxygens (including phenoxy) is 1. The summed E-state index contributed by atoms with van der Waals surface area (Å²) in [7, 11) is -2.38. The van der Waals surface area contributed by atoms with Gasteiger partial charge in [-0.3, -0.25) is 9.10 Å². The number of carbonyl (C=O) groups is 1. The molecular formula is C20H24ClFN2O4S. The van der Waals surface area contributed by atoms with Crippen molar-refractivity contribution < 1.29 is 22.3 Å². The van der Waals surface area contributed by atoms with E-state index >= 15 is 0 Å². The Kier molecular flexibility index (Phi) is 7.87. The van der Waals surface area contributed by atoms with Crippen LogP contribution in [0.1, 0.15) is 18.9 Å². The molecular weight excluding hydrogens is 419 g/mol. The van der Waals surface area contributed by atoms with Crippen LogP contribution in [0.4, 0.5) is 10.1 Å². The Bertz CT molecular complexity index is 951. The third-order valence-electron chi connectivity index (χ3n) is 4.32. The second kappa shape index (κ2) is 9.93. The lowest BCUT2D eigenvalue weighted by Crippen LogP contribution is -2.48. The molecule has 0 aliphatic carbocycles. The van der Waals surface area contributed by atoms with E-state index in [0.717, 1.165) is 16.1 Å². The highest BCUT2D eigenvalue weighted by Gasteiger charge is 2.31. The number of hydrogen-bond donors (Lipinski definition) is 1. The number of amides is 1.